The number of ether oxygens (including phenoxy) is 6. The molecular formula is C69H113N9O27. The molecule has 0 aliphatic carbocycles. The molecule has 4 rings (SSSR count). The summed E-state index contributed by atoms with van der Waals surface area (Å²) in [5.41, 5.74) is 0.649. The van der Waals surface area contributed by atoms with Crippen LogP contribution in [0.3, 0.4) is 0 Å². The fraction of sp³-hybridized carbons (Fsp3) is 0.754. The highest BCUT2D eigenvalue weighted by Gasteiger charge is 2.48. The molecule has 8 amide bonds. The lowest BCUT2D eigenvalue weighted by molar-refractivity contribution is -0.270. The first-order valence-corrected chi connectivity index (χ1v) is 36.0. The zero-order valence-corrected chi connectivity index (χ0v) is 60.3. The zero-order chi connectivity index (χ0) is 77.5. The highest BCUT2D eigenvalue weighted by Crippen LogP contribution is 2.27. The van der Waals surface area contributed by atoms with Gasteiger partial charge in [0.25, 0.3) is 0 Å². The van der Waals surface area contributed by atoms with Gasteiger partial charge in [0.1, 0.15) is 84.6 Å². The van der Waals surface area contributed by atoms with Gasteiger partial charge in [0.05, 0.1) is 57.3 Å². The molecule has 0 bridgehead atoms. The summed E-state index contributed by atoms with van der Waals surface area (Å²) in [5, 5.41) is 124. The summed E-state index contributed by atoms with van der Waals surface area (Å²) in [6, 6.07) is 1.90. The molecular weight excluding hydrogens is 1390 g/mol. The van der Waals surface area contributed by atoms with Crippen LogP contribution in [-0.2, 0) is 87.6 Å². The molecule has 0 radical (unpaired) electrons. The van der Waals surface area contributed by atoms with Crippen molar-refractivity contribution in [1.29, 1.82) is 0 Å². The van der Waals surface area contributed by atoms with Gasteiger partial charge in [0.2, 0.25) is 47.3 Å². The molecule has 36 heteroatoms. The third-order valence-corrected chi connectivity index (χ3v) is 18.0. The van der Waals surface area contributed by atoms with Crippen LogP contribution in [-0.4, -0.2) is 293 Å². The number of Topliss-reactive ketones (excluding diaryl/α,β-unsaturated/α-hetero) is 3. The minimum absolute atomic E-state index is 0.0114. The number of hydrogen-bond acceptors (Lipinski definition) is 28. The molecule has 3 saturated heterocycles. The number of benzene rings is 1. The van der Waals surface area contributed by atoms with Crippen molar-refractivity contribution in [2.75, 3.05) is 79.4 Å². The van der Waals surface area contributed by atoms with Gasteiger partial charge < -0.3 is 127 Å². The van der Waals surface area contributed by atoms with E-state index in [4.69, 9.17) is 28.4 Å². The van der Waals surface area contributed by atoms with Crippen molar-refractivity contribution >= 4 is 64.6 Å². The van der Waals surface area contributed by atoms with Gasteiger partial charge in [-0.05, 0) is 69.7 Å². The molecule has 3 heterocycles. The van der Waals surface area contributed by atoms with Crippen LogP contribution in [0.2, 0.25) is 0 Å². The quantitative estimate of drug-likeness (QED) is 0.0272. The number of amides is 8. The fourth-order valence-electron chi connectivity index (χ4n) is 12.1. The van der Waals surface area contributed by atoms with Crippen LogP contribution < -0.4 is 47.9 Å². The number of rotatable bonds is 51. The van der Waals surface area contributed by atoms with E-state index in [2.05, 4.69) is 47.9 Å². The highest BCUT2D eigenvalue weighted by atomic mass is 16.7. The number of aromatic hydroxyl groups is 1. The molecule has 3 unspecified atom stereocenters. The molecule has 596 valence electrons. The average molecular weight is 1500 g/mol. The average Bonchev–Trinajstić information content (AvgIpc) is 0.821. The fourth-order valence-corrected chi connectivity index (χ4v) is 12.1. The molecule has 0 saturated carbocycles. The Labute approximate surface area is 610 Å². The summed E-state index contributed by atoms with van der Waals surface area (Å²) >= 11 is 0. The SMILES string of the molecule is CNC(Cc1ccc(O)cc1)C(=O)CC(CC(=O)CC(CC(=O)NCC(=O)NCCCCCCO[C@@H]1O[C@H](CO)[C@H](O)[C@H](O)[C@H]1NC(C)=O)C(=O)NCC(=O)CCCCCCCO[C@@H]1O[C@H](CO)[C@H](O)[C@H](O)[C@H]1NC(C)=O)C(=O)NCC(=O)NCCCCCCO[C@@H]1O[C@H](CO)[C@H](O)[C@H](O)[C@H]1NC(C)=O. The normalized spacial score (nSPS) is 25.3. The van der Waals surface area contributed by atoms with E-state index in [9.17, 15) is 104 Å². The Morgan fingerprint density at radius 3 is 1.20 bits per heavy atom. The molecule has 36 nitrogen and oxygen atoms in total. The van der Waals surface area contributed by atoms with E-state index >= 15 is 0 Å². The second-order valence-electron chi connectivity index (χ2n) is 26.6. The van der Waals surface area contributed by atoms with Gasteiger partial charge in [-0.25, -0.2) is 0 Å². The number of likely N-dealkylation sites (N-methyl/N-ethyl adjacent to an activating group) is 1. The van der Waals surface area contributed by atoms with Crippen molar-refractivity contribution in [3.8, 4) is 5.75 Å². The smallest absolute Gasteiger partial charge is 0.239 e. The van der Waals surface area contributed by atoms with Crippen LogP contribution in [0.15, 0.2) is 24.3 Å². The summed E-state index contributed by atoms with van der Waals surface area (Å²) < 4.78 is 34.0. The van der Waals surface area contributed by atoms with Gasteiger partial charge in [-0.1, -0.05) is 57.1 Å². The van der Waals surface area contributed by atoms with Crippen LogP contribution in [0.4, 0.5) is 0 Å². The molecule has 1 aromatic rings. The zero-order valence-electron chi connectivity index (χ0n) is 60.3. The third kappa shape index (κ3) is 33.0. The first-order chi connectivity index (χ1) is 50.1. The lowest BCUT2D eigenvalue weighted by Gasteiger charge is -2.42. The van der Waals surface area contributed by atoms with Crippen LogP contribution in [0, 0.1) is 11.8 Å². The van der Waals surface area contributed by atoms with Crippen molar-refractivity contribution in [1.82, 2.24) is 47.9 Å². The van der Waals surface area contributed by atoms with Gasteiger partial charge in [-0.3, -0.25) is 52.7 Å². The van der Waals surface area contributed by atoms with Gasteiger partial charge >= 0.3 is 0 Å². The van der Waals surface area contributed by atoms with Gasteiger partial charge in [0, 0.05) is 85.8 Å². The van der Waals surface area contributed by atoms with Crippen molar-refractivity contribution in [3.05, 3.63) is 29.8 Å². The van der Waals surface area contributed by atoms with Gasteiger partial charge in [-0.2, -0.15) is 0 Å². The molecule has 3 fully saturated rings. The number of aliphatic hydroxyl groups excluding tert-OH is 9. The monoisotopic (exact) mass is 1500 g/mol. The number of carbonyl (C=O) groups is 11. The number of nitrogens with one attached hydrogen (secondary N) is 9. The van der Waals surface area contributed by atoms with Crippen LogP contribution >= 0.6 is 0 Å². The summed E-state index contributed by atoms with van der Waals surface area (Å²) in [6.45, 7) is 1.07. The number of phenols is 1. The maximum absolute atomic E-state index is 14.2. The van der Waals surface area contributed by atoms with E-state index in [1.807, 2.05) is 0 Å². The molecule has 3 aliphatic rings. The maximum atomic E-state index is 14.2. The Bertz CT molecular complexity index is 2870. The first kappa shape index (κ1) is 90.5. The molecule has 1 aromatic carbocycles. The molecule has 3 aliphatic heterocycles. The predicted octanol–water partition coefficient (Wildman–Crippen LogP) is -5.05. The number of hydrogen-bond donors (Lipinski definition) is 19. The molecule has 0 aromatic heterocycles. The van der Waals surface area contributed by atoms with Crippen molar-refractivity contribution < 1.29 is 132 Å². The molecule has 105 heavy (non-hydrogen) atoms. The van der Waals surface area contributed by atoms with E-state index in [0.29, 0.717) is 89.0 Å². The van der Waals surface area contributed by atoms with Crippen LogP contribution in [0.25, 0.3) is 0 Å². The van der Waals surface area contributed by atoms with Crippen LogP contribution in [0.5, 0.6) is 5.75 Å². The minimum atomic E-state index is -1.47. The van der Waals surface area contributed by atoms with Gasteiger partial charge in [0.15, 0.2) is 30.4 Å². The van der Waals surface area contributed by atoms with Crippen LogP contribution in [0.1, 0.15) is 142 Å². The molecule has 19 N–H and O–H groups in total. The summed E-state index contributed by atoms with van der Waals surface area (Å²) in [4.78, 5) is 144. The lowest BCUT2D eigenvalue weighted by atomic mass is 9.87. The predicted molar refractivity (Wildman–Crippen MR) is 369 cm³/mol. The largest absolute Gasteiger partial charge is 0.508 e. The van der Waals surface area contributed by atoms with E-state index in [0.717, 1.165) is 0 Å². The second kappa shape index (κ2) is 49.2. The number of ketones is 3. The van der Waals surface area contributed by atoms with Crippen molar-refractivity contribution in [3.63, 3.8) is 0 Å². The Hall–Kier alpha value is -6.85. The highest BCUT2D eigenvalue weighted by molar-refractivity contribution is 5.97. The Kier molecular flexibility index (Phi) is 42.4. The summed E-state index contributed by atoms with van der Waals surface area (Å²) in [5.74, 6) is -9.74. The number of unbranched alkanes of at least 4 members (excludes halogenated alkanes) is 10. The second-order valence-corrected chi connectivity index (χ2v) is 26.6. The van der Waals surface area contributed by atoms with E-state index < -0.39 is 234 Å². The Morgan fingerprint density at radius 2 is 0.800 bits per heavy atom. The van der Waals surface area contributed by atoms with E-state index in [1.165, 1.54) is 40.0 Å². The molecule has 0 spiro atoms. The van der Waals surface area contributed by atoms with E-state index in [1.54, 1.807) is 12.1 Å². The number of carbonyl (C=O) groups excluding carboxylic acids is 11. The van der Waals surface area contributed by atoms with Crippen molar-refractivity contribution in [2.24, 2.45) is 11.8 Å². The Balaban J connectivity index is 1.35. The number of phenolic OH excluding ortho intramolecular Hbond substituents is 1. The minimum Gasteiger partial charge on any atom is -0.508 e. The first-order valence-electron chi connectivity index (χ1n) is 36.0. The third-order valence-electron chi connectivity index (χ3n) is 18.0. The van der Waals surface area contributed by atoms with Crippen molar-refractivity contribution in [2.45, 2.75) is 241 Å². The Morgan fingerprint density at radius 1 is 0.429 bits per heavy atom. The lowest BCUT2D eigenvalue weighted by Crippen LogP contribution is -2.64. The summed E-state index contributed by atoms with van der Waals surface area (Å²) in [7, 11) is 1.52. The number of aliphatic hydroxyl groups is 9. The van der Waals surface area contributed by atoms with Gasteiger partial charge in [-0.15, -0.1) is 0 Å². The maximum Gasteiger partial charge on any atom is 0.239 e. The molecule has 18 atom stereocenters. The summed E-state index contributed by atoms with van der Waals surface area (Å²) in [6.07, 6.45) is -10.8. The topological polar surface area (TPSA) is 554 Å². The van der Waals surface area contributed by atoms with E-state index in [-0.39, 0.29) is 57.3 Å². The standard InChI is InChI=1S/C69H113N9O27/c1-39(82)76-56-62(95)59(92)50(36-79)103-67(56)100-25-15-9-5-6-12-18-46(86)33-74-66(99)44(32-53(89)73-34-54(90)71-23-13-7-10-16-26-101-68-57(77-40(2)83)63(96)60(93)51(37-80)104-68)30-47(87)29-43(31-49(88)48(70-4)28-42-19-21-45(85)22-20-42)65(98)75-35-55(91)72-24-14-8-11-17-27-102-69-58(78-41(3)84)64(97)61(94)52(38-81)105-69/h19-22,43-44,48,50-52,56-64,67-70,79-81,85,92-97H,5-18,23-38H2,1-4H3,(H,71,90)(H,72,91)(H,73,89)(H,74,99)(H,75,98)(H,76,82)(H,77,83)(H,78,84)/t43?,44?,48?,50-,51-,52-,56-,57-,58-,59+,60+,61+,62-,63-,64-,67-,68-,69-/m1/s1.